The Morgan fingerprint density at radius 3 is 2.52 bits per heavy atom. The molecule has 1 aliphatic heterocycles. The Labute approximate surface area is 138 Å². The number of hydrogen-bond acceptors (Lipinski definition) is 5. The van der Waals surface area contributed by atoms with Crippen LogP contribution in [0.2, 0.25) is 0 Å². The smallest absolute Gasteiger partial charge is 0.243 e. The Hall–Kier alpha value is -0.990. The number of ether oxygens (including phenoxy) is 1. The molecular formula is C16H26N2O4S. The van der Waals surface area contributed by atoms with Gasteiger partial charge in [-0.15, -0.1) is 0 Å². The van der Waals surface area contributed by atoms with Crippen molar-refractivity contribution < 1.29 is 18.3 Å². The summed E-state index contributed by atoms with van der Waals surface area (Å²) in [6.45, 7) is 4.69. The van der Waals surface area contributed by atoms with Crippen molar-refractivity contribution in [2.45, 2.75) is 37.2 Å². The highest BCUT2D eigenvalue weighted by Crippen LogP contribution is 2.17. The van der Waals surface area contributed by atoms with Crippen molar-refractivity contribution in [3.63, 3.8) is 0 Å². The van der Waals surface area contributed by atoms with E-state index in [-0.39, 0.29) is 6.61 Å². The van der Waals surface area contributed by atoms with Crippen LogP contribution in [0.4, 0.5) is 0 Å². The molecule has 130 valence electrons. The molecule has 6 nitrogen and oxygen atoms in total. The Kier molecular flexibility index (Phi) is 6.98. The van der Waals surface area contributed by atoms with Crippen molar-refractivity contribution in [1.29, 1.82) is 0 Å². The molecule has 1 atom stereocenters. The molecule has 7 heteroatoms. The van der Waals surface area contributed by atoms with Crippen molar-refractivity contribution in [3.8, 4) is 0 Å². The topological polar surface area (TPSA) is 78.9 Å². The van der Waals surface area contributed by atoms with Crippen LogP contribution in [0.15, 0.2) is 29.2 Å². The van der Waals surface area contributed by atoms with Gasteiger partial charge >= 0.3 is 0 Å². The van der Waals surface area contributed by atoms with Crippen LogP contribution >= 0.6 is 0 Å². The molecule has 0 saturated carbocycles. The number of sulfonamides is 1. The van der Waals surface area contributed by atoms with Gasteiger partial charge in [0.1, 0.15) is 0 Å². The Balaban J connectivity index is 1.93. The largest absolute Gasteiger partial charge is 0.396 e. The fourth-order valence-electron chi connectivity index (χ4n) is 2.51. The van der Waals surface area contributed by atoms with E-state index in [2.05, 4.69) is 12.2 Å². The lowest BCUT2D eigenvalue weighted by Crippen LogP contribution is -2.40. The highest BCUT2D eigenvalue weighted by molar-refractivity contribution is 7.89. The number of benzene rings is 1. The fourth-order valence-corrected chi connectivity index (χ4v) is 3.91. The molecule has 2 N–H and O–H groups in total. The summed E-state index contributed by atoms with van der Waals surface area (Å²) in [5.41, 5.74) is 1.04. The second-order valence-corrected chi connectivity index (χ2v) is 7.75. The normalized spacial score (nSPS) is 18.0. The fraction of sp³-hybridized carbons (Fsp3) is 0.625. The van der Waals surface area contributed by atoms with Gasteiger partial charge in [0.25, 0.3) is 0 Å². The lowest BCUT2D eigenvalue weighted by molar-refractivity contribution is 0.0730. The third kappa shape index (κ3) is 5.26. The molecule has 1 fully saturated rings. The maximum atomic E-state index is 12.5. The first-order valence-electron chi connectivity index (χ1n) is 8.05. The molecular weight excluding hydrogens is 316 g/mol. The third-order valence-electron chi connectivity index (χ3n) is 3.98. The minimum absolute atomic E-state index is 0.208. The molecule has 2 rings (SSSR count). The van der Waals surface area contributed by atoms with Crippen LogP contribution in [0.5, 0.6) is 0 Å². The molecule has 0 spiro atoms. The zero-order valence-corrected chi connectivity index (χ0v) is 14.4. The first-order chi connectivity index (χ1) is 11.0. The molecule has 1 heterocycles. The Morgan fingerprint density at radius 1 is 1.26 bits per heavy atom. The zero-order valence-electron chi connectivity index (χ0n) is 13.6. The summed E-state index contributed by atoms with van der Waals surface area (Å²) >= 11 is 0. The number of aliphatic hydroxyl groups excluding tert-OH is 1. The summed E-state index contributed by atoms with van der Waals surface area (Å²) in [7, 11) is -3.42. The first kappa shape index (κ1) is 18.4. The van der Waals surface area contributed by atoms with Gasteiger partial charge < -0.3 is 15.2 Å². The van der Waals surface area contributed by atoms with E-state index in [9.17, 15) is 8.42 Å². The molecule has 0 bridgehead atoms. The van der Waals surface area contributed by atoms with Crippen molar-refractivity contribution >= 4 is 10.0 Å². The van der Waals surface area contributed by atoms with Crippen LogP contribution in [-0.2, 0) is 21.3 Å². The molecule has 0 aliphatic carbocycles. The zero-order chi connectivity index (χ0) is 16.7. The van der Waals surface area contributed by atoms with Crippen LogP contribution in [0.3, 0.4) is 0 Å². The number of rotatable bonds is 8. The van der Waals surface area contributed by atoms with Crippen molar-refractivity contribution in [2.75, 3.05) is 32.9 Å². The van der Waals surface area contributed by atoms with Crippen LogP contribution in [-0.4, -0.2) is 56.8 Å². The average molecular weight is 342 g/mol. The molecule has 0 radical (unpaired) electrons. The number of morpholine rings is 1. The lowest BCUT2D eigenvalue weighted by Gasteiger charge is -2.26. The Morgan fingerprint density at radius 2 is 1.91 bits per heavy atom. The monoisotopic (exact) mass is 342 g/mol. The lowest BCUT2D eigenvalue weighted by atomic mass is 10.1. The minimum Gasteiger partial charge on any atom is -0.396 e. The van der Waals surface area contributed by atoms with E-state index >= 15 is 0 Å². The van der Waals surface area contributed by atoms with Crippen LogP contribution < -0.4 is 5.32 Å². The molecule has 1 aliphatic rings. The van der Waals surface area contributed by atoms with E-state index in [4.69, 9.17) is 9.84 Å². The quantitative estimate of drug-likeness (QED) is 0.736. The summed E-state index contributed by atoms with van der Waals surface area (Å²) < 4.78 is 31.7. The summed E-state index contributed by atoms with van der Waals surface area (Å²) in [6.07, 6.45) is 1.70. The second-order valence-electron chi connectivity index (χ2n) is 5.81. The number of hydrogen-bond donors (Lipinski definition) is 2. The number of nitrogens with zero attached hydrogens (tertiary/aromatic N) is 1. The van der Waals surface area contributed by atoms with E-state index < -0.39 is 10.0 Å². The molecule has 23 heavy (non-hydrogen) atoms. The summed E-state index contributed by atoms with van der Waals surface area (Å²) in [6, 6.07) is 7.34. The second kappa shape index (κ2) is 8.75. The highest BCUT2D eigenvalue weighted by atomic mass is 32.2. The number of nitrogens with one attached hydrogen (secondary N) is 1. The molecule has 0 amide bonds. The van der Waals surface area contributed by atoms with Gasteiger partial charge in [-0.25, -0.2) is 8.42 Å². The summed E-state index contributed by atoms with van der Waals surface area (Å²) in [5.74, 6) is 0. The van der Waals surface area contributed by atoms with Crippen LogP contribution in [0.25, 0.3) is 0 Å². The van der Waals surface area contributed by atoms with E-state index in [0.29, 0.717) is 43.8 Å². The Bertz CT molecular complexity index is 568. The van der Waals surface area contributed by atoms with Crippen molar-refractivity contribution in [2.24, 2.45) is 0 Å². The van der Waals surface area contributed by atoms with Gasteiger partial charge in [-0.3, -0.25) is 0 Å². The molecule has 1 aromatic carbocycles. The van der Waals surface area contributed by atoms with Crippen molar-refractivity contribution in [3.05, 3.63) is 29.8 Å². The van der Waals surface area contributed by atoms with Gasteiger partial charge in [0.05, 0.1) is 18.1 Å². The van der Waals surface area contributed by atoms with Crippen LogP contribution in [0.1, 0.15) is 25.3 Å². The summed E-state index contributed by atoms with van der Waals surface area (Å²) in [5, 5.41) is 12.2. The molecule has 1 aromatic rings. The van der Waals surface area contributed by atoms with E-state index in [1.807, 2.05) is 12.1 Å². The van der Waals surface area contributed by atoms with E-state index in [1.54, 1.807) is 12.1 Å². The predicted molar refractivity (Wildman–Crippen MR) is 88.6 cm³/mol. The van der Waals surface area contributed by atoms with E-state index in [0.717, 1.165) is 18.4 Å². The van der Waals surface area contributed by atoms with Gasteiger partial charge in [0.15, 0.2) is 0 Å². The summed E-state index contributed by atoms with van der Waals surface area (Å²) in [4.78, 5) is 0.330. The van der Waals surface area contributed by atoms with Crippen LogP contribution in [0, 0.1) is 0 Å². The molecule has 1 saturated heterocycles. The minimum atomic E-state index is -3.42. The SMILES string of the molecule is C[C@@H](CCCO)NCc1ccc(S(=O)(=O)N2CCOCC2)cc1. The maximum Gasteiger partial charge on any atom is 0.243 e. The highest BCUT2D eigenvalue weighted by Gasteiger charge is 2.25. The molecule has 0 aromatic heterocycles. The van der Waals surface area contributed by atoms with Crippen molar-refractivity contribution in [1.82, 2.24) is 9.62 Å². The van der Waals surface area contributed by atoms with Gasteiger partial charge in [-0.2, -0.15) is 4.31 Å². The van der Waals surface area contributed by atoms with Gasteiger partial charge in [-0.1, -0.05) is 12.1 Å². The average Bonchev–Trinajstić information content (AvgIpc) is 2.59. The van der Waals surface area contributed by atoms with E-state index in [1.165, 1.54) is 4.31 Å². The van der Waals surface area contributed by atoms with Gasteiger partial charge in [0, 0.05) is 32.3 Å². The molecule has 0 unspecified atom stereocenters. The number of aliphatic hydroxyl groups is 1. The predicted octanol–water partition coefficient (Wildman–Crippen LogP) is 0.958. The van der Waals surface area contributed by atoms with Gasteiger partial charge in [0.2, 0.25) is 10.0 Å². The maximum absolute atomic E-state index is 12.5. The third-order valence-corrected chi connectivity index (χ3v) is 5.89. The first-order valence-corrected chi connectivity index (χ1v) is 9.49. The van der Waals surface area contributed by atoms with Gasteiger partial charge in [-0.05, 0) is 37.5 Å². The standard InChI is InChI=1S/C16H26N2O4S/c1-14(3-2-10-19)17-13-15-4-6-16(7-5-15)23(20,21)18-8-11-22-12-9-18/h4-7,14,17,19H,2-3,8-13H2,1H3/t14-/m0/s1.